The SMILES string of the molecule is COCC(CCCN)Nc1ccc(C)cc1Br. The van der Waals surface area contributed by atoms with Crippen molar-refractivity contribution in [3.05, 3.63) is 28.2 Å². The van der Waals surface area contributed by atoms with Crippen molar-refractivity contribution in [1.29, 1.82) is 0 Å². The smallest absolute Gasteiger partial charge is 0.0664 e. The average molecular weight is 301 g/mol. The molecule has 3 nitrogen and oxygen atoms in total. The molecule has 0 spiro atoms. The quantitative estimate of drug-likeness (QED) is 0.814. The molecule has 4 heteroatoms. The zero-order valence-electron chi connectivity index (χ0n) is 10.5. The summed E-state index contributed by atoms with van der Waals surface area (Å²) in [5.74, 6) is 0. The highest BCUT2D eigenvalue weighted by Gasteiger charge is 2.09. The van der Waals surface area contributed by atoms with Gasteiger partial charge in [0.2, 0.25) is 0 Å². The van der Waals surface area contributed by atoms with Crippen molar-refractivity contribution in [1.82, 2.24) is 0 Å². The van der Waals surface area contributed by atoms with Crippen LogP contribution in [0, 0.1) is 6.92 Å². The van der Waals surface area contributed by atoms with Crippen molar-refractivity contribution >= 4 is 21.6 Å². The maximum atomic E-state index is 5.54. The van der Waals surface area contributed by atoms with Crippen LogP contribution in [-0.2, 0) is 4.74 Å². The molecule has 96 valence electrons. The van der Waals surface area contributed by atoms with Crippen LogP contribution in [0.5, 0.6) is 0 Å². The molecule has 0 aliphatic rings. The van der Waals surface area contributed by atoms with Crippen molar-refractivity contribution in [2.24, 2.45) is 5.73 Å². The molecule has 0 aromatic heterocycles. The highest BCUT2D eigenvalue weighted by molar-refractivity contribution is 9.10. The van der Waals surface area contributed by atoms with Crippen LogP contribution in [0.15, 0.2) is 22.7 Å². The molecule has 0 amide bonds. The number of halogens is 1. The molecule has 0 aliphatic heterocycles. The molecule has 0 heterocycles. The Morgan fingerprint density at radius 3 is 2.82 bits per heavy atom. The molecule has 3 N–H and O–H groups in total. The molecule has 1 rings (SSSR count). The fourth-order valence-corrected chi connectivity index (χ4v) is 2.33. The summed E-state index contributed by atoms with van der Waals surface area (Å²) in [6, 6.07) is 6.60. The molecule has 0 saturated carbocycles. The van der Waals surface area contributed by atoms with E-state index in [1.165, 1.54) is 5.56 Å². The zero-order chi connectivity index (χ0) is 12.7. The molecule has 1 aromatic carbocycles. The lowest BCUT2D eigenvalue weighted by atomic mass is 10.1. The predicted molar refractivity (Wildman–Crippen MR) is 76.5 cm³/mol. The lowest BCUT2D eigenvalue weighted by Crippen LogP contribution is -2.26. The van der Waals surface area contributed by atoms with Crippen LogP contribution in [-0.4, -0.2) is 26.3 Å². The van der Waals surface area contributed by atoms with E-state index in [-0.39, 0.29) is 0 Å². The van der Waals surface area contributed by atoms with Gasteiger partial charge in [-0.25, -0.2) is 0 Å². The summed E-state index contributed by atoms with van der Waals surface area (Å²) in [4.78, 5) is 0. The zero-order valence-corrected chi connectivity index (χ0v) is 12.1. The van der Waals surface area contributed by atoms with Gasteiger partial charge < -0.3 is 15.8 Å². The van der Waals surface area contributed by atoms with Gasteiger partial charge in [-0.05, 0) is 59.9 Å². The van der Waals surface area contributed by atoms with Crippen molar-refractivity contribution in [2.45, 2.75) is 25.8 Å². The fraction of sp³-hybridized carbons (Fsp3) is 0.538. The number of aryl methyl sites for hydroxylation is 1. The number of hydrogen-bond donors (Lipinski definition) is 2. The van der Waals surface area contributed by atoms with Crippen LogP contribution in [0.25, 0.3) is 0 Å². The van der Waals surface area contributed by atoms with Crippen molar-refractivity contribution in [2.75, 3.05) is 25.6 Å². The Kier molecular flexibility index (Phi) is 6.55. The van der Waals surface area contributed by atoms with Gasteiger partial charge in [0.15, 0.2) is 0 Å². The molecular formula is C13H21BrN2O. The Morgan fingerprint density at radius 2 is 2.24 bits per heavy atom. The monoisotopic (exact) mass is 300 g/mol. The topological polar surface area (TPSA) is 47.3 Å². The third-order valence-corrected chi connectivity index (χ3v) is 3.26. The first kappa shape index (κ1) is 14.5. The summed E-state index contributed by atoms with van der Waals surface area (Å²) in [7, 11) is 1.72. The van der Waals surface area contributed by atoms with Crippen LogP contribution >= 0.6 is 15.9 Å². The largest absolute Gasteiger partial charge is 0.383 e. The minimum atomic E-state index is 0.308. The summed E-state index contributed by atoms with van der Waals surface area (Å²) in [5.41, 5.74) is 7.89. The maximum absolute atomic E-state index is 5.54. The Balaban J connectivity index is 2.64. The Labute approximate surface area is 112 Å². The van der Waals surface area contributed by atoms with Gasteiger partial charge in [0.05, 0.1) is 6.61 Å². The predicted octanol–water partition coefficient (Wildman–Crippen LogP) is 2.92. The minimum absolute atomic E-state index is 0.308. The molecule has 17 heavy (non-hydrogen) atoms. The Bertz CT molecular complexity index is 344. The number of methoxy groups -OCH3 is 1. The average Bonchev–Trinajstić information content (AvgIpc) is 2.29. The molecule has 0 radical (unpaired) electrons. The Morgan fingerprint density at radius 1 is 1.47 bits per heavy atom. The summed E-state index contributed by atoms with van der Waals surface area (Å²) < 4.78 is 6.31. The summed E-state index contributed by atoms with van der Waals surface area (Å²) >= 11 is 3.57. The second-order valence-electron chi connectivity index (χ2n) is 4.21. The number of nitrogens with one attached hydrogen (secondary N) is 1. The minimum Gasteiger partial charge on any atom is -0.383 e. The fourth-order valence-electron chi connectivity index (χ4n) is 1.72. The van der Waals surface area contributed by atoms with Gasteiger partial charge in [0.25, 0.3) is 0 Å². The first-order valence-electron chi connectivity index (χ1n) is 5.89. The van der Waals surface area contributed by atoms with Crippen LogP contribution < -0.4 is 11.1 Å². The van der Waals surface area contributed by atoms with Crippen molar-refractivity contribution in [3.63, 3.8) is 0 Å². The van der Waals surface area contributed by atoms with Gasteiger partial charge in [-0.2, -0.15) is 0 Å². The van der Waals surface area contributed by atoms with E-state index in [9.17, 15) is 0 Å². The van der Waals surface area contributed by atoms with E-state index in [0.717, 1.165) is 29.5 Å². The van der Waals surface area contributed by atoms with E-state index in [1.807, 2.05) is 0 Å². The lowest BCUT2D eigenvalue weighted by Gasteiger charge is -2.20. The van der Waals surface area contributed by atoms with E-state index in [2.05, 4.69) is 46.4 Å². The van der Waals surface area contributed by atoms with Crippen LogP contribution in [0.3, 0.4) is 0 Å². The number of rotatable bonds is 7. The number of hydrogen-bond acceptors (Lipinski definition) is 3. The van der Waals surface area contributed by atoms with Crippen molar-refractivity contribution in [3.8, 4) is 0 Å². The lowest BCUT2D eigenvalue weighted by molar-refractivity contribution is 0.182. The summed E-state index contributed by atoms with van der Waals surface area (Å²) in [6.45, 7) is 3.49. The van der Waals surface area contributed by atoms with Gasteiger partial charge in [0, 0.05) is 23.3 Å². The molecule has 1 unspecified atom stereocenters. The molecule has 0 aliphatic carbocycles. The summed E-state index contributed by atoms with van der Waals surface area (Å²) in [6.07, 6.45) is 2.02. The van der Waals surface area contributed by atoms with E-state index in [4.69, 9.17) is 10.5 Å². The number of anilines is 1. The number of ether oxygens (including phenoxy) is 1. The maximum Gasteiger partial charge on any atom is 0.0664 e. The van der Waals surface area contributed by atoms with Gasteiger partial charge in [-0.1, -0.05) is 6.07 Å². The van der Waals surface area contributed by atoms with Gasteiger partial charge >= 0.3 is 0 Å². The number of nitrogens with two attached hydrogens (primary N) is 1. The van der Waals surface area contributed by atoms with Crippen LogP contribution in [0.2, 0.25) is 0 Å². The Hall–Kier alpha value is -0.580. The van der Waals surface area contributed by atoms with E-state index in [1.54, 1.807) is 7.11 Å². The van der Waals surface area contributed by atoms with E-state index < -0.39 is 0 Å². The molecule has 1 atom stereocenters. The second kappa shape index (κ2) is 7.69. The number of benzene rings is 1. The molecular weight excluding hydrogens is 280 g/mol. The third kappa shape index (κ3) is 5.06. The second-order valence-corrected chi connectivity index (χ2v) is 5.07. The van der Waals surface area contributed by atoms with Gasteiger partial charge in [-0.3, -0.25) is 0 Å². The highest BCUT2D eigenvalue weighted by atomic mass is 79.9. The third-order valence-electron chi connectivity index (χ3n) is 2.61. The standard InChI is InChI=1S/C13H21BrN2O/c1-10-5-6-13(12(14)8-10)16-11(9-17-2)4-3-7-15/h5-6,8,11,16H,3-4,7,9,15H2,1-2H3. The van der Waals surface area contributed by atoms with Gasteiger partial charge in [0.1, 0.15) is 0 Å². The van der Waals surface area contributed by atoms with E-state index >= 15 is 0 Å². The van der Waals surface area contributed by atoms with Crippen molar-refractivity contribution < 1.29 is 4.74 Å². The molecule has 0 bridgehead atoms. The van der Waals surface area contributed by atoms with Crippen LogP contribution in [0.4, 0.5) is 5.69 Å². The molecule has 0 saturated heterocycles. The molecule has 1 aromatic rings. The van der Waals surface area contributed by atoms with Crippen LogP contribution in [0.1, 0.15) is 18.4 Å². The highest BCUT2D eigenvalue weighted by Crippen LogP contribution is 2.24. The normalized spacial score (nSPS) is 12.5. The first-order valence-corrected chi connectivity index (χ1v) is 6.68. The summed E-state index contributed by atoms with van der Waals surface area (Å²) in [5, 5.41) is 3.48. The first-order chi connectivity index (χ1) is 8.17. The van der Waals surface area contributed by atoms with E-state index in [0.29, 0.717) is 12.6 Å². The van der Waals surface area contributed by atoms with Gasteiger partial charge in [-0.15, -0.1) is 0 Å². The molecule has 0 fully saturated rings.